The van der Waals surface area contributed by atoms with Crippen LogP contribution >= 0.6 is 0 Å². The monoisotopic (exact) mass is 406 g/mol. The van der Waals surface area contributed by atoms with Gasteiger partial charge in [0.2, 0.25) is 5.95 Å². The molecular weight excluding hydrogens is 384 g/mol. The second-order valence-electron chi connectivity index (χ2n) is 6.54. The quantitative estimate of drug-likeness (QED) is 0.629. The Labute approximate surface area is 174 Å². The summed E-state index contributed by atoms with van der Waals surface area (Å²) in [7, 11) is 3.17. The van der Waals surface area contributed by atoms with E-state index >= 15 is 0 Å². The lowest BCUT2D eigenvalue weighted by atomic mass is 9.92. The van der Waals surface area contributed by atoms with Crippen LogP contribution in [0.3, 0.4) is 0 Å². The maximum Gasteiger partial charge on any atom is 0.338 e. The molecule has 1 atom stereocenters. The highest BCUT2D eigenvalue weighted by Crippen LogP contribution is 2.42. The van der Waals surface area contributed by atoms with Crippen LogP contribution in [0, 0.1) is 0 Å². The van der Waals surface area contributed by atoms with Crippen LogP contribution < -0.4 is 14.8 Å². The van der Waals surface area contributed by atoms with E-state index in [2.05, 4.69) is 15.4 Å². The Hall–Kier alpha value is -3.81. The van der Waals surface area contributed by atoms with E-state index < -0.39 is 12.0 Å². The smallest absolute Gasteiger partial charge is 0.338 e. The number of esters is 1. The fraction of sp³-hybridized carbons (Fsp3) is 0.227. The molecule has 154 valence electrons. The van der Waals surface area contributed by atoms with Crippen molar-refractivity contribution in [1.82, 2.24) is 14.8 Å². The van der Waals surface area contributed by atoms with Gasteiger partial charge in [0.25, 0.3) is 0 Å². The fourth-order valence-corrected chi connectivity index (χ4v) is 3.55. The molecule has 0 unspecified atom stereocenters. The van der Waals surface area contributed by atoms with Crippen molar-refractivity contribution in [2.24, 2.45) is 0 Å². The first kappa shape index (κ1) is 19.5. The highest BCUT2D eigenvalue weighted by atomic mass is 16.5. The molecule has 0 aliphatic carbocycles. The summed E-state index contributed by atoms with van der Waals surface area (Å²) >= 11 is 0. The molecule has 2 aromatic carbocycles. The molecule has 2 heterocycles. The van der Waals surface area contributed by atoms with Crippen molar-refractivity contribution in [2.75, 3.05) is 26.1 Å². The Morgan fingerprint density at radius 1 is 1.13 bits per heavy atom. The first-order valence-electron chi connectivity index (χ1n) is 9.53. The number of aromatic nitrogens is 3. The van der Waals surface area contributed by atoms with Crippen LogP contribution in [0.4, 0.5) is 5.95 Å². The number of rotatable bonds is 6. The Morgan fingerprint density at radius 3 is 2.63 bits per heavy atom. The van der Waals surface area contributed by atoms with Gasteiger partial charge in [-0.1, -0.05) is 30.3 Å². The van der Waals surface area contributed by atoms with E-state index in [1.807, 2.05) is 42.5 Å². The molecule has 1 aliphatic heterocycles. The number of benzene rings is 2. The summed E-state index contributed by atoms with van der Waals surface area (Å²) in [5, 5.41) is 7.61. The Bertz CT molecular complexity index is 1090. The average Bonchev–Trinajstić information content (AvgIpc) is 3.26. The molecule has 4 rings (SSSR count). The van der Waals surface area contributed by atoms with E-state index in [0.717, 1.165) is 11.1 Å². The molecule has 1 N–H and O–H groups in total. The number of fused-ring (bicyclic) bond motifs is 1. The van der Waals surface area contributed by atoms with E-state index in [1.165, 1.54) is 6.33 Å². The second kappa shape index (κ2) is 8.28. The average molecular weight is 406 g/mol. The predicted molar refractivity (Wildman–Crippen MR) is 111 cm³/mol. The molecular formula is C22H22N4O4. The lowest BCUT2D eigenvalue weighted by Crippen LogP contribution is -2.30. The van der Waals surface area contributed by atoms with Crippen molar-refractivity contribution in [3.05, 3.63) is 71.6 Å². The molecule has 8 heteroatoms. The standard InChI is InChI=1S/C22H22N4O4/c1-4-30-21(27)18-19(14-8-6-5-7-9-14)25-22-23-13-24-26(22)20(18)16-11-10-15(28-2)12-17(16)29-3/h5-13,20H,4H2,1-3H3,(H,23,24,25)/t20-/m0/s1. The van der Waals surface area contributed by atoms with Crippen molar-refractivity contribution in [3.63, 3.8) is 0 Å². The minimum absolute atomic E-state index is 0.251. The fourth-order valence-electron chi connectivity index (χ4n) is 3.55. The van der Waals surface area contributed by atoms with Gasteiger partial charge < -0.3 is 19.5 Å². The molecule has 3 aromatic rings. The third-order valence-electron chi connectivity index (χ3n) is 4.89. The van der Waals surface area contributed by atoms with Gasteiger partial charge in [0.15, 0.2) is 0 Å². The molecule has 8 nitrogen and oxygen atoms in total. The molecule has 0 saturated carbocycles. The van der Waals surface area contributed by atoms with E-state index in [9.17, 15) is 4.79 Å². The molecule has 0 spiro atoms. The zero-order valence-electron chi connectivity index (χ0n) is 17.0. The molecule has 0 fully saturated rings. The van der Waals surface area contributed by atoms with Crippen molar-refractivity contribution in [1.29, 1.82) is 0 Å². The van der Waals surface area contributed by atoms with Crippen LogP contribution in [0.1, 0.15) is 24.1 Å². The summed E-state index contributed by atoms with van der Waals surface area (Å²) < 4.78 is 18.0. The van der Waals surface area contributed by atoms with Gasteiger partial charge >= 0.3 is 5.97 Å². The van der Waals surface area contributed by atoms with Crippen molar-refractivity contribution < 1.29 is 19.0 Å². The van der Waals surface area contributed by atoms with Crippen LogP contribution in [0.15, 0.2) is 60.4 Å². The third kappa shape index (κ3) is 3.36. The number of hydrogen-bond donors (Lipinski definition) is 1. The summed E-state index contributed by atoms with van der Waals surface area (Å²) in [6.07, 6.45) is 1.45. The summed E-state index contributed by atoms with van der Waals surface area (Å²) in [5.74, 6) is 1.29. The van der Waals surface area contributed by atoms with Crippen molar-refractivity contribution in [3.8, 4) is 11.5 Å². The van der Waals surface area contributed by atoms with Gasteiger partial charge in [-0.3, -0.25) is 0 Å². The Kier molecular flexibility index (Phi) is 5.38. The summed E-state index contributed by atoms with van der Waals surface area (Å²) in [5.41, 5.74) is 2.62. The molecule has 30 heavy (non-hydrogen) atoms. The lowest BCUT2D eigenvalue weighted by molar-refractivity contribution is -0.138. The van der Waals surface area contributed by atoms with Crippen LogP contribution in [-0.4, -0.2) is 41.6 Å². The number of nitrogens with one attached hydrogen (secondary N) is 1. The summed E-state index contributed by atoms with van der Waals surface area (Å²) in [4.78, 5) is 17.5. The Morgan fingerprint density at radius 2 is 1.93 bits per heavy atom. The van der Waals surface area contributed by atoms with Gasteiger partial charge in [-0.15, -0.1) is 0 Å². The van der Waals surface area contributed by atoms with Gasteiger partial charge in [-0.25, -0.2) is 9.48 Å². The zero-order chi connectivity index (χ0) is 21.1. The normalized spacial score (nSPS) is 15.2. The second-order valence-corrected chi connectivity index (χ2v) is 6.54. The molecule has 0 bridgehead atoms. The first-order valence-corrected chi connectivity index (χ1v) is 9.53. The largest absolute Gasteiger partial charge is 0.497 e. The maximum atomic E-state index is 13.2. The van der Waals surface area contributed by atoms with E-state index in [-0.39, 0.29) is 6.61 Å². The topological polar surface area (TPSA) is 87.5 Å². The van der Waals surface area contributed by atoms with Crippen LogP contribution in [-0.2, 0) is 9.53 Å². The number of carbonyl (C=O) groups excluding carboxylic acids is 1. The lowest BCUT2D eigenvalue weighted by Gasteiger charge is -2.30. The number of hydrogen-bond acceptors (Lipinski definition) is 7. The van der Waals surface area contributed by atoms with Crippen molar-refractivity contribution in [2.45, 2.75) is 13.0 Å². The summed E-state index contributed by atoms with van der Waals surface area (Å²) in [6.45, 7) is 2.03. The highest BCUT2D eigenvalue weighted by Gasteiger charge is 2.37. The van der Waals surface area contributed by atoms with Crippen LogP contribution in [0.2, 0.25) is 0 Å². The molecule has 1 aliphatic rings. The number of anilines is 1. The van der Waals surface area contributed by atoms with Gasteiger partial charge in [-0.05, 0) is 24.6 Å². The highest BCUT2D eigenvalue weighted by molar-refractivity contribution is 6.02. The van der Waals surface area contributed by atoms with E-state index in [0.29, 0.717) is 28.7 Å². The van der Waals surface area contributed by atoms with Crippen LogP contribution in [0.5, 0.6) is 11.5 Å². The third-order valence-corrected chi connectivity index (χ3v) is 4.89. The van der Waals surface area contributed by atoms with Gasteiger partial charge in [0, 0.05) is 11.6 Å². The summed E-state index contributed by atoms with van der Waals surface area (Å²) in [6, 6.07) is 14.5. The zero-order valence-corrected chi connectivity index (χ0v) is 17.0. The SMILES string of the molecule is CCOC(=O)C1=C(c2ccccc2)Nc2ncnn2[C@H]1c1ccc(OC)cc1OC. The van der Waals surface area contributed by atoms with Gasteiger partial charge in [-0.2, -0.15) is 10.1 Å². The van der Waals surface area contributed by atoms with Gasteiger partial charge in [0.05, 0.1) is 32.1 Å². The number of carbonyl (C=O) groups is 1. The predicted octanol–water partition coefficient (Wildman–Crippen LogP) is 3.28. The van der Waals surface area contributed by atoms with Gasteiger partial charge in [0.1, 0.15) is 23.9 Å². The Balaban J connectivity index is 1.98. The number of methoxy groups -OCH3 is 2. The number of ether oxygens (including phenoxy) is 3. The minimum atomic E-state index is -0.598. The number of nitrogens with zero attached hydrogens (tertiary/aromatic N) is 3. The van der Waals surface area contributed by atoms with E-state index in [4.69, 9.17) is 14.2 Å². The maximum absolute atomic E-state index is 13.2. The van der Waals surface area contributed by atoms with Crippen LogP contribution in [0.25, 0.3) is 5.70 Å². The first-order chi connectivity index (χ1) is 14.7. The molecule has 1 aromatic heterocycles. The van der Waals surface area contributed by atoms with Crippen molar-refractivity contribution >= 4 is 17.6 Å². The van der Waals surface area contributed by atoms with E-state index in [1.54, 1.807) is 31.9 Å². The molecule has 0 amide bonds. The molecule has 0 saturated heterocycles. The molecule has 0 radical (unpaired) electrons. The minimum Gasteiger partial charge on any atom is -0.497 e.